The van der Waals surface area contributed by atoms with Crippen LogP contribution < -0.4 is 0 Å². The van der Waals surface area contributed by atoms with Crippen molar-refractivity contribution in [1.82, 2.24) is 4.90 Å². The van der Waals surface area contributed by atoms with E-state index in [0.717, 1.165) is 32.4 Å². The minimum absolute atomic E-state index is 0.639. The average molecular weight is 240 g/mol. The van der Waals surface area contributed by atoms with Crippen LogP contribution in [0.4, 0.5) is 0 Å². The Balaban J connectivity index is 2.72. The van der Waals surface area contributed by atoms with Crippen LogP contribution in [0.3, 0.4) is 0 Å². The molecule has 0 unspecified atom stereocenters. The van der Waals surface area contributed by atoms with Crippen LogP contribution in [0.5, 0.6) is 0 Å². The number of hydrogen-bond acceptors (Lipinski definition) is 1. The van der Waals surface area contributed by atoms with Gasteiger partial charge < -0.3 is 4.90 Å². The minimum atomic E-state index is 0.639. The van der Waals surface area contributed by atoms with E-state index in [9.17, 15) is 0 Å². The summed E-state index contributed by atoms with van der Waals surface area (Å²) in [5, 5.41) is 0.639. The standard InChI is InChI=1S/C12H18ClN3/c1-10-5-4-7-16(8-6-10)12(14-3)15-9-11(2)13/h9H,1,3-8H2,2H3. The summed E-state index contributed by atoms with van der Waals surface area (Å²) >= 11 is 5.73. The van der Waals surface area contributed by atoms with Crippen molar-refractivity contribution in [3.63, 3.8) is 0 Å². The Kier molecular flexibility index (Phi) is 5.26. The molecule has 0 N–H and O–H groups in total. The Morgan fingerprint density at radius 1 is 1.44 bits per heavy atom. The summed E-state index contributed by atoms with van der Waals surface area (Å²) in [6.07, 6.45) is 4.78. The smallest absolute Gasteiger partial charge is 0.224 e. The van der Waals surface area contributed by atoms with Crippen molar-refractivity contribution in [2.75, 3.05) is 13.1 Å². The average Bonchev–Trinajstić information content (AvgIpc) is 2.44. The molecule has 16 heavy (non-hydrogen) atoms. The topological polar surface area (TPSA) is 28.0 Å². The number of aliphatic imine (C=N–C) groups is 2. The molecule has 1 heterocycles. The van der Waals surface area contributed by atoms with Crippen LogP contribution in [0.1, 0.15) is 26.2 Å². The highest BCUT2D eigenvalue weighted by atomic mass is 35.5. The molecule has 1 saturated heterocycles. The van der Waals surface area contributed by atoms with E-state index in [1.54, 1.807) is 13.1 Å². The first-order valence-electron chi connectivity index (χ1n) is 5.42. The zero-order valence-electron chi connectivity index (χ0n) is 9.75. The molecular weight excluding hydrogens is 222 g/mol. The second-order valence-corrected chi connectivity index (χ2v) is 4.49. The molecule has 0 aliphatic carbocycles. The van der Waals surface area contributed by atoms with E-state index < -0.39 is 0 Å². The zero-order valence-corrected chi connectivity index (χ0v) is 10.5. The predicted octanol–water partition coefficient (Wildman–Crippen LogP) is 3.19. The first-order valence-corrected chi connectivity index (χ1v) is 5.79. The summed E-state index contributed by atoms with van der Waals surface area (Å²) in [4.78, 5) is 10.3. The van der Waals surface area contributed by atoms with Crippen LogP contribution in [0.15, 0.2) is 33.4 Å². The Morgan fingerprint density at radius 2 is 2.19 bits per heavy atom. The Morgan fingerprint density at radius 3 is 2.81 bits per heavy atom. The van der Waals surface area contributed by atoms with Crippen molar-refractivity contribution in [2.24, 2.45) is 9.98 Å². The fraction of sp³-hybridized carbons (Fsp3) is 0.500. The number of nitrogens with zero attached hydrogens (tertiary/aromatic N) is 3. The van der Waals surface area contributed by atoms with Gasteiger partial charge in [-0.1, -0.05) is 23.8 Å². The van der Waals surface area contributed by atoms with Crippen molar-refractivity contribution in [2.45, 2.75) is 26.2 Å². The fourth-order valence-corrected chi connectivity index (χ4v) is 1.67. The van der Waals surface area contributed by atoms with E-state index in [1.807, 2.05) is 0 Å². The molecule has 1 rings (SSSR count). The molecule has 0 bridgehead atoms. The quantitative estimate of drug-likeness (QED) is 0.392. The summed E-state index contributed by atoms with van der Waals surface area (Å²) in [7, 11) is 0. The molecule has 0 saturated carbocycles. The fourth-order valence-electron chi connectivity index (χ4n) is 1.62. The second-order valence-electron chi connectivity index (χ2n) is 3.89. The minimum Gasteiger partial charge on any atom is -0.341 e. The third-order valence-electron chi connectivity index (χ3n) is 2.48. The summed E-state index contributed by atoms with van der Waals surface area (Å²) in [5.74, 6) is 0.648. The highest BCUT2D eigenvalue weighted by molar-refractivity contribution is 6.29. The van der Waals surface area contributed by atoms with Crippen molar-refractivity contribution < 1.29 is 0 Å². The summed E-state index contributed by atoms with van der Waals surface area (Å²) in [6, 6.07) is 0. The van der Waals surface area contributed by atoms with Crippen LogP contribution in [0, 0.1) is 0 Å². The number of guanidine groups is 1. The zero-order chi connectivity index (χ0) is 12.0. The lowest BCUT2D eigenvalue weighted by atomic mass is 10.1. The van der Waals surface area contributed by atoms with E-state index in [-0.39, 0.29) is 0 Å². The van der Waals surface area contributed by atoms with E-state index in [0.29, 0.717) is 11.0 Å². The van der Waals surface area contributed by atoms with Crippen molar-refractivity contribution in [1.29, 1.82) is 0 Å². The molecule has 1 aliphatic rings. The van der Waals surface area contributed by atoms with Crippen molar-refractivity contribution in [3.8, 4) is 0 Å². The molecule has 0 aromatic rings. The molecule has 0 spiro atoms. The summed E-state index contributed by atoms with van der Waals surface area (Å²) < 4.78 is 0. The summed E-state index contributed by atoms with van der Waals surface area (Å²) in [6.45, 7) is 11.2. The van der Waals surface area contributed by atoms with Crippen LogP contribution in [0.25, 0.3) is 0 Å². The maximum absolute atomic E-state index is 5.73. The maximum atomic E-state index is 5.73. The van der Waals surface area contributed by atoms with Gasteiger partial charge in [0.1, 0.15) is 0 Å². The van der Waals surface area contributed by atoms with E-state index in [4.69, 9.17) is 11.6 Å². The third kappa shape index (κ3) is 4.19. The van der Waals surface area contributed by atoms with Gasteiger partial charge in [0, 0.05) is 24.3 Å². The molecular formula is C12H18ClN3. The summed E-state index contributed by atoms with van der Waals surface area (Å²) in [5.41, 5.74) is 1.30. The van der Waals surface area contributed by atoms with Gasteiger partial charge in [0.05, 0.1) is 0 Å². The molecule has 0 radical (unpaired) electrons. The van der Waals surface area contributed by atoms with Crippen LogP contribution in [-0.2, 0) is 0 Å². The van der Waals surface area contributed by atoms with Gasteiger partial charge in [-0.25, -0.2) is 9.98 Å². The highest BCUT2D eigenvalue weighted by Gasteiger charge is 2.13. The SMILES string of the molecule is C=NC(=NC=C(C)Cl)N1CCCC(=C)CC1. The first kappa shape index (κ1) is 13.0. The number of hydrogen-bond donors (Lipinski definition) is 0. The molecule has 3 nitrogen and oxygen atoms in total. The van der Waals surface area contributed by atoms with E-state index in [1.165, 1.54) is 5.57 Å². The van der Waals surface area contributed by atoms with Crippen LogP contribution >= 0.6 is 11.6 Å². The molecule has 0 amide bonds. The molecule has 0 aromatic heterocycles. The number of likely N-dealkylation sites (tertiary alicyclic amines) is 1. The number of halogens is 1. The van der Waals surface area contributed by atoms with Gasteiger partial charge in [0.15, 0.2) is 0 Å². The van der Waals surface area contributed by atoms with Gasteiger partial charge in [-0.2, -0.15) is 0 Å². The first-order chi connectivity index (χ1) is 7.63. The third-order valence-corrected chi connectivity index (χ3v) is 2.57. The van der Waals surface area contributed by atoms with Gasteiger partial charge in [-0.3, -0.25) is 0 Å². The molecule has 1 aliphatic heterocycles. The van der Waals surface area contributed by atoms with Crippen LogP contribution in [0.2, 0.25) is 0 Å². The number of rotatable bonds is 1. The van der Waals surface area contributed by atoms with Crippen molar-refractivity contribution in [3.05, 3.63) is 23.4 Å². The van der Waals surface area contributed by atoms with E-state index in [2.05, 4.69) is 28.2 Å². The Labute approximate surface area is 102 Å². The highest BCUT2D eigenvalue weighted by Crippen LogP contribution is 2.15. The number of allylic oxidation sites excluding steroid dienone is 1. The second kappa shape index (κ2) is 6.48. The van der Waals surface area contributed by atoms with Gasteiger partial charge in [0.2, 0.25) is 5.96 Å². The van der Waals surface area contributed by atoms with E-state index >= 15 is 0 Å². The van der Waals surface area contributed by atoms with Gasteiger partial charge in [-0.05, 0) is 32.9 Å². The van der Waals surface area contributed by atoms with Gasteiger partial charge in [0.25, 0.3) is 0 Å². The Bertz CT molecular complexity index is 327. The molecule has 0 atom stereocenters. The maximum Gasteiger partial charge on any atom is 0.224 e. The normalized spacial score (nSPS) is 19.6. The molecule has 1 fully saturated rings. The largest absolute Gasteiger partial charge is 0.341 e. The lowest BCUT2D eigenvalue weighted by Crippen LogP contribution is -2.30. The van der Waals surface area contributed by atoms with Crippen LogP contribution in [-0.4, -0.2) is 30.7 Å². The van der Waals surface area contributed by atoms with Crippen molar-refractivity contribution >= 4 is 24.3 Å². The molecule has 88 valence electrons. The monoisotopic (exact) mass is 239 g/mol. The molecule has 4 heteroatoms. The predicted molar refractivity (Wildman–Crippen MR) is 71.2 cm³/mol. The van der Waals surface area contributed by atoms with Gasteiger partial charge >= 0.3 is 0 Å². The lowest BCUT2D eigenvalue weighted by Gasteiger charge is -2.20. The Hall–Kier alpha value is -1.09. The lowest BCUT2D eigenvalue weighted by molar-refractivity contribution is 0.433. The molecule has 0 aromatic carbocycles. The van der Waals surface area contributed by atoms with Gasteiger partial charge in [-0.15, -0.1) is 0 Å².